The van der Waals surface area contributed by atoms with Gasteiger partial charge in [0.2, 0.25) is 0 Å². The second kappa shape index (κ2) is 5.17. The van der Waals surface area contributed by atoms with Crippen LogP contribution < -0.4 is 4.74 Å². The van der Waals surface area contributed by atoms with Gasteiger partial charge in [0.15, 0.2) is 0 Å². The SMILES string of the molecule is CCOC(=O)c1c(C)cc(C#N)cc1OC. The number of carbonyl (C=O) groups excluding carboxylic acids is 1. The summed E-state index contributed by atoms with van der Waals surface area (Å²) in [7, 11) is 1.46. The zero-order chi connectivity index (χ0) is 12.1. The summed E-state index contributed by atoms with van der Waals surface area (Å²) in [5.41, 5.74) is 1.51. The number of nitrogens with zero attached hydrogens (tertiary/aromatic N) is 1. The smallest absolute Gasteiger partial charge is 0.342 e. The Morgan fingerprint density at radius 2 is 2.19 bits per heavy atom. The van der Waals surface area contributed by atoms with Gasteiger partial charge in [-0.25, -0.2) is 4.79 Å². The summed E-state index contributed by atoms with van der Waals surface area (Å²) in [4.78, 5) is 11.7. The van der Waals surface area contributed by atoms with Gasteiger partial charge in [0, 0.05) is 0 Å². The van der Waals surface area contributed by atoms with Crippen LogP contribution in [0.15, 0.2) is 12.1 Å². The van der Waals surface area contributed by atoms with Crippen LogP contribution in [-0.4, -0.2) is 19.7 Å². The Morgan fingerprint density at radius 1 is 1.50 bits per heavy atom. The first kappa shape index (κ1) is 12.1. The molecule has 0 aliphatic rings. The first-order valence-corrected chi connectivity index (χ1v) is 4.89. The molecule has 0 radical (unpaired) electrons. The van der Waals surface area contributed by atoms with Crippen molar-refractivity contribution in [2.75, 3.05) is 13.7 Å². The van der Waals surface area contributed by atoms with Gasteiger partial charge in [0.05, 0.1) is 25.3 Å². The van der Waals surface area contributed by atoms with Gasteiger partial charge < -0.3 is 9.47 Å². The zero-order valence-corrected chi connectivity index (χ0v) is 9.53. The number of nitriles is 1. The predicted octanol–water partition coefficient (Wildman–Crippen LogP) is 2.05. The molecule has 4 heteroatoms. The van der Waals surface area contributed by atoms with Crippen molar-refractivity contribution in [2.24, 2.45) is 0 Å². The van der Waals surface area contributed by atoms with Gasteiger partial charge in [-0.2, -0.15) is 5.26 Å². The second-order valence-corrected chi connectivity index (χ2v) is 3.20. The van der Waals surface area contributed by atoms with Crippen molar-refractivity contribution >= 4 is 5.97 Å². The molecule has 0 saturated carbocycles. The molecule has 0 aliphatic heterocycles. The molecule has 0 unspecified atom stereocenters. The van der Waals surface area contributed by atoms with E-state index < -0.39 is 5.97 Å². The molecular formula is C12H13NO3. The maximum absolute atomic E-state index is 11.7. The van der Waals surface area contributed by atoms with E-state index in [1.54, 1.807) is 19.9 Å². The van der Waals surface area contributed by atoms with E-state index in [2.05, 4.69) is 0 Å². The zero-order valence-electron chi connectivity index (χ0n) is 9.53. The molecule has 0 spiro atoms. The Balaban J connectivity index is 3.28. The second-order valence-electron chi connectivity index (χ2n) is 3.20. The minimum absolute atomic E-state index is 0.307. The van der Waals surface area contributed by atoms with E-state index in [-0.39, 0.29) is 0 Å². The van der Waals surface area contributed by atoms with Crippen LogP contribution in [0.5, 0.6) is 5.75 Å². The summed E-state index contributed by atoms with van der Waals surface area (Å²) in [6, 6.07) is 5.17. The molecule has 1 aromatic rings. The summed E-state index contributed by atoms with van der Waals surface area (Å²) < 4.78 is 10.0. The number of aryl methyl sites for hydroxylation is 1. The number of esters is 1. The Morgan fingerprint density at radius 3 is 2.69 bits per heavy atom. The van der Waals surface area contributed by atoms with Gasteiger partial charge in [-0.1, -0.05) is 0 Å². The molecule has 16 heavy (non-hydrogen) atoms. The average Bonchev–Trinajstić information content (AvgIpc) is 2.27. The van der Waals surface area contributed by atoms with Crippen LogP contribution in [0.25, 0.3) is 0 Å². The molecule has 0 aromatic heterocycles. The van der Waals surface area contributed by atoms with Gasteiger partial charge in [0.1, 0.15) is 11.3 Å². The lowest BCUT2D eigenvalue weighted by Crippen LogP contribution is -2.09. The topological polar surface area (TPSA) is 59.3 Å². The predicted molar refractivity (Wildman–Crippen MR) is 58.4 cm³/mol. The molecule has 0 heterocycles. The van der Waals surface area contributed by atoms with Gasteiger partial charge in [-0.05, 0) is 31.5 Å². The number of ether oxygens (including phenoxy) is 2. The van der Waals surface area contributed by atoms with Crippen molar-refractivity contribution in [3.63, 3.8) is 0 Å². The fourth-order valence-corrected chi connectivity index (χ4v) is 1.45. The van der Waals surface area contributed by atoms with Crippen LogP contribution in [-0.2, 0) is 4.74 Å². The third-order valence-corrected chi connectivity index (χ3v) is 2.13. The fourth-order valence-electron chi connectivity index (χ4n) is 1.45. The number of carbonyl (C=O) groups is 1. The summed E-state index contributed by atoms with van der Waals surface area (Å²) in [5.74, 6) is -0.0589. The van der Waals surface area contributed by atoms with E-state index in [9.17, 15) is 4.79 Å². The molecule has 1 rings (SSSR count). The van der Waals surface area contributed by atoms with Crippen LogP contribution in [0.4, 0.5) is 0 Å². The summed E-state index contributed by atoms with van der Waals surface area (Å²) >= 11 is 0. The van der Waals surface area contributed by atoms with Crippen molar-refractivity contribution in [3.05, 3.63) is 28.8 Å². The van der Waals surface area contributed by atoms with E-state index in [4.69, 9.17) is 14.7 Å². The molecule has 0 amide bonds. The summed E-state index contributed by atoms with van der Waals surface area (Å²) in [6.45, 7) is 3.79. The van der Waals surface area contributed by atoms with Gasteiger partial charge >= 0.3 is 5.97 Å². The van der Waals surface area contributed by atoms with Crippen molar-refractivity contribution in [2.45, 2.75) is 13.8 Å². The number of benzene rings is 1. The van der Waals surface area contributed by atoms with E-state index in [0.717, 1.165) is 0 Å². The molecule has 0 N–H and O–H groups in total. The highest BCUT2D eigenvalue weighted by Crippen LogP contribution is 2.24. The summed E-state index contributed by atoms with van der Waals surface area (Å²) in [5, 5.41) is 8.79. The maximum atomic E-state index is 11.7. The highest BCUT2D eigenvalue weighted by molar-refractivity contribution is 5.94. The number of rotatable bonds is 3. The summed E-state index contributed by atoms with van der Waals surface area (Å²) in [6.07, 6.45) is 0. The van der Waals surface area contributed by atoms with Crippen LogP contribution in [0.1, 0.15) is 28.4 Å². The highest BCUT2D eigenvalue weighted by Gasteiger charge is 2.17. The normalized spacial score (nSPS) is 9.38. The Labute approximate surface area is 94.4 Å². The first-order chi connectivity index (χ1) is 7.63. The average molecular weight is 219 g/mol. The Kier molecular flexibility index (Phi) is 3.90. The van der Waals surface area contributed by atoms with Gasteiger partial charge in [-0.15, -0.1) is 0 Å². The third kappa shape index (κ3) is 2.31. The molecule has 0 fully saturated rings. The van der Waals surface area contributed by atoms with E-state index in [0.29, 0.717) is 29.0 Å². The lowest BCUT2D eigenvalue weighted by Gasteiger charge is -2.10. The molecule has 1 aromatic carbocycles. The van der Waals surface area contributed by atoms with Gasteiger partial charge in [0.25, 0.3) is 0 Å². The molecule has 0 aliphatic carbocycles. The molecule has 4 nitrogen and oxygen atoms in total. The third-order valence-electron chi connectivity index (χ3n) is 2.13. The van der Waals surface area contributed by atoms with E-state index >= 15 is 0 Å². The van der Waals surface area contributed by atoms with Crippen LogP contribution >= 0.6 is 0 Å². The quantitative estimate of drug-likeness (QED) is 0.730. The first-order valence-electron chi connectivity index (χ1n) is 4.89. The van der Waals surface area contributed by atoms with Crippen LogP contribution in [0.3, 0.4) is 0 Å². The van der Waals surface area contributed by atoms with Crippen molar-refractivity contribution in [3.8, 4) is 11.8 Å². The molecule has 0 saturated heterocycles. The Bertz CT molecular complexity index is 446. The van der Waals surface area contributed by atoms with Crippen molar-refractivity contribution in [1.82, 2.24) is 0 Å². The number of hydrogen-bond donors (Lipinski definition) is 0. The standard InChI is InChI=1S/C12H13NO3/c1-4-16-12(14)11-8(2)5-9(7-13)6-10(11)15-3/h5-6H,4H2,1-3H3. The maximum Gasteiger partial charge on any atom is 0.342 e. The van der Waals surface area contributed by atoms with Crippen LogP contribution in [0, 0.1) is 18.3 Å². The van der Waals surface area contributed by atoms with Crippen molar-refractivity contribution < 1.29 is 14.3 Å². The van der Waals surface area contributed by atoms with Crippen molar-refractivity contribution in [1.29, 1.82) is 5.26 Å². The fraction of sp³-hybridized carbons (Fsp3) is 0.333. The Hall–Kier alpha value is -2.02. The minimum Gasteiger partial charge on any atom is -0.496 e. The number of methoxy groups -OCH3 is 1. The molecule has 0 bridgehead atoms. The monoisotopic (exact) mass is 219 g/mol. The molecule has 84 valence electrons. The minimum atomic E-state index is -0.429. The highest BCUT2D eigenvalue weighted by atomic mass is 16.5. The number of hydrogen-bond acceptors (Lipinski definition) is 4. The van der Waals surface area contributed by atoms with E-state index in [1.165, 1.54) is 13.2 Å². The van der Waals surface area contributed by atoms with Gasteiger partial charge in [-0.3, -0.25) is 0 Å². The lowest BCUT2D eigenvalue weighted by molar-refractivity contribution is 0.0522. The van der Waals surface area contributed by atoms with Crippen LogP contribution in [0.2, 0.25) is 0 Å². The molecular weight excluding hydrogens is 206 g/mol. The largest absolute Gasteiger partial charge is 0.496 e. The lowest BCUT2D eigenvalue weighted by atomic mass is 10.0. The molecule has 0 atom stereocenters. The van der Waals surface area contributed by atoms with E-state index in [1.807, 2.05) is 6.07 Å².